The summed E-state index contributed by atoms with van der Waals surface area (Å²) >= 11 is 0. The Bertz CT molecular complexity index is 1000. The lowest BCUT2D eigenvalue weighted by Crippen LogP contribution is -2.50. The van der Waals surface area contributed by atoms with Gasteiger partial charge in [-0.2, -0.15) is 5.10 Å². The third kappa shape index (κ3) is 4.64. The molecule has 0 saturated carbocycles. The summed E-state index contributed by atoms with van der Waals surface area (Å²) in [5.74, 6) is -0.957. The van der Waals surface area contributed by atoms with Gasteiger partial charge in [-0.3, -0.25) is 14.5 Å². The van der Waals surface area contributed by atoms with E-state index in [0.717, 1.165) is 0 Å². The maximum absolute atomic E-state index is 14.6. The number of amides is 2. The first-order valence-electron chi connectivity index (χ1n) is 10.3. The van der Waals surface area contributed by atoms with Crippen molar-refractivity contribution >= 4 is 17.5 Å². The molecule has 1 fully saturated rings. The molecule has 4 rings (SSSR count). The smallest absolute Gasteiger partial charge is 0.257 e. The molecule has 2 aromatic rings. The zero-order valence-electron chi connectivity index (χ0n) is 17.3. The average Bonchev–Trinajstić information content (AvgIpc) is 3.20. The van der Waals surface area contributed by atoms with E-state index in [0.29, 0.717) is 49.4 Å². The number of benzene rings is 2. The van der Waals surface area contributed by atoms with Crippen molar-refractivity contribution in [3.63, 3.8) is 0 Å². The van der Waals surface area contributed by atoms with Gasteiger partial charge in [0, 0.05) is 45.1 Å². The fraction of sp³-hybridized carbons (Fsp3) is 0.348. The van der Waals surface area contributed by atoms with Crippen molar-refractivity contribution in [2.45, 2.75) is 19.4 Å². The monoisotopic (exact) mass is 426 g/mol. The van der Waals surface area contributed by atoms with Crippen LogP contribution >= 0.6 is 0 Å². The van der Waals surface area contributed by atoms with Gasteiger partial charge in [0.2, 0.25) is 5.91 Å². The molecule has 0 N–H and O–H groups in total. The second-order valence-electron chi connectivity index (χ2n) is 7.82. The Kier molecular flexibility index (Phi) is 6.08. The quantitative estimate of drug-likeness (QED) is 0.756. The Hall–Kier alpha value is -3.13. The van der Waals surface area contributed by atoms with Crippen LogP contribution in [0.15, 0.2) is 53.6 Å². The predicted molar refractivity (Wildman–Crippen MR) is 112 cm³/mol. The molecular weight excluding hydrogens is 402 g/mol. The zero-order valence-corrected chi connectivity index (χ0v) is 17.3. The van der Waals surface area contributed by atoms with E-state index in [2.05, 4.69) is 5.10 Å². The second-order valence-corrected chi connectivity index (χ2v) is 7.82. The molecule has 2 amide bonds. The Morgan fingerprint density at radius 2 is 1.68 bits per heavy atom. The Labute approximate surface area is 179 Å². The molecule has 1 atom stereocenters. The van der Waals surface area contributed by atoms with Gasteiger partial charge in [0.25, 0.3) is 5.91 Å². The van der Waals surface area contributed by atoms with E-state index < -0.39 is 11.9 Å². The molecule has 31 heavy (non-hydrogen) atoms. The molecule has 6 nitrogen and oxygen atoms in total. The van der Waals surface area contributed by atoms with Crippen LogP contribution in [-0.2, 0) is 9.59 Å². The lowest BCUT2D eigenvalue weighted by Gasteiger charge is -2.34. The number of piperazine rings is 1. The minimum atomic E-state index is -0.563. The van der Waals surface area contributed by atoms with E-state index in [9.17, 15) is 18.4 Å². The van der Waals surface area contributed by atoms with Crippen LogP contribution in [0.1, 0.15) is 30.5 Å². The number of carbonyl (C=O) groups excluding carboxylic acids is 2. The number of halogens is 2. The molecule has 0 radical (unpaired) electrons. The minimum absolute atomic E-state index is 0.0266. The second kappa shape index (κ2) is 8.93. The van der Waals surface area contributed by atoms with Crippen molar-refractivity contribution in [2.75, 3.05) is 32.7 Å². The van der Waals surface area contributed by atoms with Crippen LogP contribution in [0, 0.1) is 11.6 Å². The summed E-state index contributed by atoms with van der Waals surface area (Å²) in [5.41, 5.74) is 1.72. The molecule has 0 aromatic heterocycles. The standard InChI is InChI=1S/C23H24F2N4O2/c1-16(30)28-12-10-27(11-13-28)15-23(31)29-22(19-4-2-3-5-20(19)25)14-21(26-29)17-6-8-18(24)9-7-17/h2-9,22H,10-15H2,1H3. The van der Waals surface area contributed by atoms with Crippen molar-refractivity contribution in [1.29, 1.82) is 0 Å². The Morgan fingerprint density at radius 1 is 1.00 bits per heavy atom. The molecule has 2 aliphatic heterocycles. The number of hydrogen-bond acceptors (Lipinski definition) is 4. The van der Waals surface area contributed by atoms with Crippen molar-refractivity contribution in [1.82, 2.24) is 14.8 Å². The number of hydrazone groups is 1. The highest BCUT2D eigenvalue weighted by molar-refractivity contribution is 6.03. The van der Waals surface area contributed by atoms with Gasteiger partial charge in [-0.1, -0.05) is 30.3 Å². The molecule has 2 aliphatic rings. The zero-order chi connectivity index (χ0) is 22.0. The molecule has 8 heteroatoms. The summed E-state index contributed by atoms with van der Waals surface area (Å²) in [6.07, 6.45) is 0.344. The van der Waals surface area contributed by atoms with E-state index in [4.69, 9.17) is 0 Å². The normalized spacial score (nSPS) is 19.5. The summed E-state index contributed by atoms with van der Waals surface area (Å²) < 4.78 is 27.9. The maximum Gasteiger partial charge on any atom is 0.257 e. The van der Waals surface area contributed by atoms with E-state index in [1.165, 1.54) is 30.1 Å². The summed E-state index contributed by atoms with van der Waals surface area (Å²) in [5, 5.41) is 5.87. The number of nitrogens with zero attached hydrogens (tertiary/aromatic N) is 4. The topological polar surface area (TPSA) is 56.2 Å². The van der Waals surface area contributed by atoms with E-state index in [-0.39, 0.29) is 24.2 Å². The minimum Gasteiger partial charge on any atom is -0.340 e. The molecule has 0 bridgehead atoms. The fourth-order valence-electron chi connectivity index (χ4n) is 4.03. The fourth-order valence-corrected chi connectivity index (χ4v) is 4.03. The van der Waals surface area contributed by atoms with Crippen molar-refractivity contribution < 1.29 is 18.4 Å². The largest absolute Gasteiger partial charge is 0.340 e. The molecule has 162 valence electrons. The molecule has 2 aromatic carbocycles. The highest BCUT2D eigenvalue weighted by Gasteiger charge is 2.35. The summed E-state index contributed by atoms with van der Waals surface area (Å²) in [7, 11) is 0. The van der Waals surface area contributed by atoms with Crippen LogP contribution in [0.5, 0.6) is 0 Å². The van der Waals surface area contributed by atoms with Gasteiger partial charge in [-0.15, -0.1) is 0 Å². The molecule has 0 aliphatic carbocycles. The van der Waals surface area contributed by atoms with Crippen molar-refractivity contribution in [3.05, 3.63) is 71.3 Å². The van der Waals surface area contributed by atoms with E-state index in [1.54, 1.807) is 35.2 Å². The molecular formula is C23H24F2N4O2. The molecule has 0 spiro atoms. The van der Waals surface area contributed by atoms with E-state index >= 15 is 0 Å². The number of hydrogen-bond donors (Lipinski definition) is 0. The highest BCUT2D eigenvalue weighted by Crippen LogP contribution is 2.34. The van der Waals surface area contributed by atoms with Crippen LogP contribution in [0.3, 0.4) is 0 Å². The number of rotatable bonds is 4. The SMILES string of the molecule is CC(=O)N1CCN(CC(=O)N2N=C(c3ccc(F)cc3)CC2c2ccccc2F)CC1. The highest BCUT2D eigenvalue weighted by atomic mass is 19.1. The van der Waals surface area contributed by atoms with Crippen molar-refractivity contribution in [2.24, 2.45) is 5.10 Å². The van der Waals surface area contributed by atoms with Crippen molar-refractivity contribution in [3.8, 4) is 0 Å². The lowest BCUT2D eigenvalue weighted by atomic mass is 9.98. The van der Waals surface area contributed by atoms with Crippen LogP contribution in [0.4, 0.5) is 8.78 Å². The Morgan fingerprint density at radius 3 is 2.32 bits per heavy atom. The first-order chi connectivity index (χ1) is 14.9. The van der Waals surface area contributed by atoms with Gasteiger partial charge in [0.05, 0.1) is 18.3 Å². The summed E-state index contributed by atoms with van der Waals surface area (Å²) in [4.78, 5) is 28.4. The first kappa shape index (κ1) is 21.1. The van der Waals surface area contributed by atoms with Crippen LogP contribution < -0.4 is 0 Å². The van der Waals surface area contributed by atoms with Crippen LogP contribution in [0.25, 0.3) is 0 Å². The van der Waals surface area contributed by atoms with E-state index in [1.807, 2.05) is 4.90 Å². The van der Waals surface area contributed by atoms with Gasteiger partial charge in [0.15, 0.2) is 0 Å². The summed E-state index contributed by atoms with van der Waals surface area (Å²) in [6, 6.07) is 11.7. The molecule has 1 unspecified atom stereocenters. The van der Waals surface area contributed by atoms with Gasteiger partial charge >= 0.3 is 0 Å². The van der Waals surface area contributed by atoms with Gasteiger partial charge in [0.1, 0.15) is 11.6 Å². The molecule has 1 saturated heterocycles. The van der Waals surface area contributed by atoms with Crippen LogP contribution in [-0.4, -0.2) is 65.1 Å². The third-order valence-corrected chi connectivity index (χ3v) is 5.78. The number of carbonyl (C=O) groups is 2. The lowest BCUT2D eigenvalue weighted by molar-refractivity contribution is -0.135. The first-order valence-corrected chi connectivity index (χ1v) is 10.3. The summed E-state index contributed by atoms with van der Waals surface area (Å²) in [6.45, 7) is 4.01. The van der Waals surface area contributed by atoms with Gasteiger partial charge in [-0.25, -0.2) is 13.8 Å². The predicted octanol–water partition coefficient (Wildman–Crippen LogP) is 2.81. The average molecular weight is 426 g/mol. The van der Waals surface area contributed by atoms with Crippen LogP contribution in [0.2, 0.25) is 0 Å². The van der Waals surface area contributed by atoms with Gasteiger partial charge in [-0.05, 0) is 23.8 Å². The molecule has 2 heterocycles. The maximum atomic E-state index is 14.6. The van der Waals surface area contributed by atoms with Gasteiger partial charge < -0.3 is 4.90 Å². The third-order valence-electron chi connectivity index (χ3n) is 5.78. The Balaban J connectivity index is 1.55.